The fraction of sp³-hybridized carbons (Fsp3) is 0.544. The van der Waals surface area contributed by atoms with Crippen LogP contribution in [0.1, 0.15) is 157 Å². The zero-order valence-corrected chi connectivity index (χ0v) is 50.0. The van der Waals surface area contributed by atoms with Gasteiger partial charge in [0.2, 0.25) is 17.2 Å². The molecule has 23 nitrogen and oxygen atoms in total. The third-order valence-corrected chi connectivity index (χ3v) is 17.5. The Balaban J connectivity index is 0.826. The highest BCUT2D eigenvalue weighted by Gasteiger charge is 2.50. The first-order valence-corrected chi connectivity index (χ1v) is 31.4. The predicted octanol–water partition coefficient (Wildman–Crippen LogP) is 6.16. The van der Waals surface area contributed by atoms with Crippen LogP contribution in [-0.2, 0) is 27.7 Å². The maximum Gasteiger partial charge on any atom is 0.470 e. The number of amides is 2. The third-order valence-electron chi connectivity index (χ3n) is 16.5. The van der Waals surface area contributed by atoms with Crippen LogP contribution in [0.15, 0.2) is 54.9 Å². The number of unbranched alkanes of at least 4 members (excludes halogenated alkanes) is 3. The van der Waals surface area contributed by atoms with E-state index in [-0.39, 0.29) is 52.2 Å². The van der Waals surface area contributed by atoms with Crippen LogP contribution in [-0.4, -0.2) is 137 Å². The van der Waals surface area contributed by atoms with Gasteiger partial charge in [0.1, 0.15) is 42.7 Å². The van der Waals surface area contributed by atoms with E-state index in [4.69, 9.17) is 19.7 Å². The Bertz CT molecular complexity index is 3470. The van der Waals surface area contributed by atoms with Gasteiger partial charge in [-0.05, 0) is 108 Å². The number of nitrogen functional groups attached to an aromatic ring is 1. The molecule has 0 spiro atoms. The van der Waals surface area contributed by atoms with Crippen LogP contribution in [0.3, 0.4) is 0 Å². The predicted molar refractivity (Wildman–Crippen MR) is 310 cm³/mol. The van der Waals surface area contributed by atoms with Crippen molar-refractivity contribution in [3.05, 3.63) is 93.3 Å². The molecule has 1 saturated heterocycles. The number of ether oxygens (including phenoxy) is 2. The summed E-state index contributed by atoms with van der Waals surface area (Å²) in [6, 6.07) is 16.9. The van der Waals surface area contributed by atoms with Crippen molar-refractivity contribution in [1.29, 1.82) is 0 Å². The van der Waals surface area contributed by atoms with E-state index in [2.05, 4.69) is 125 Å². The topological polar surface area (TPSA) is 310 Å². The Morgan fingerprint density at radius 3 is 2.33 bits per heavy atom. The number of nitrogens with one attached hydrogen (secondary N) is 2. The number of phosphoric ester groups is 2. The van der Waals surface area contributed by atoms with Crippen molar-refractivity contribution in [3.8, 4) is 11.5 Å². The highest BCUT2D eigenvalue weighted by atomic mass is 31.2. The van der Waals surface area contributed by atoms with E-state index in [9.17, 15) is 43.4 Å². The quantitative estimate of drug-likeness (QED) is 0.0214. The van der Waals surface area contributed by atoms with E-state index in [0.29, 0.717) is 56.3 Å². The van der Waals surface area contributed by atoms with E-state index in [1.807, 2.05) is 18.2 Å². The van der Waals surface area contributed by atoms with Gasteiger partial charge in [0.05, 0.1) is 12.7 Å². The zero-order valence-electron chi connectivity index (χ0n) is 48.2. The number of hydrogen-bond acceptors (Lipinski definition) is 15. The number of phosphoric acid groups is 2. The van der Waals surface area contributed by atoms with Gasteiger partial charge in [-0.2, -0.15) is 0 Å². The fourth-order valence-corrected chi connectivity index (χ4v) is 13.9. The summed E-state index contributed by atoms with van der Waals surface area (Å²) in [5.41, 5.74) is 13.3. The molecule has 25 heteroatoms. The molecule has 4 aliphatic heterocycles. The Morgan fingerprint density at radius 2 is 1.62 bits per heavy atom. The molecule has 444 valence electrons. The summed E-state index contributed by atoms with van der Waals surface area (Å²) in [6.07, 6.45) is 0.113. The van der Waals surface area contributed by atoms with Crippen molar-refractivity contribution in [2.45, 2.75) is 154 Å². The molecule has 6 atom stereocenters. The second-order valence-electron chi connectivity index (χ2n) is 23.3. The van der Waals surface area contributed by atoms with Crippen molar-refractivity contribution in [3.63, 3.8) is 0 Å². The molecule has 2 aromatic heterocycles. The maximum atomic E-state index is 14.7. The van der Waals surface area contributed by atoms with E-state index in [1.165, 1.54) is 26.7 Å². The minimum absolute atomic E-state index is 0.00296. The number of anilines is 3. The van der Waals surface area contributed by atoms with Gasteiger partial charge in [-0.25, -0.2) is 28.7 Å². The molecule has 1 fully saturated rings. The molecule has 4 aliphatic rings. The summed E-state index contributed by atoms with van der Waals surface area (Å²) < 4.78 is 49.3. The van der Waals surface area contributed by atoms with Gasteiger partial charge in [0.15, 0.2) is 28.7 Å². The van der Waals surface area contributed by atoms with Crippen molar-refractivity contribution in [2.24, 2.45) is 0 Å². The van der Waals surface area contributed by atoms with Crippen LogP contribution in [0.2, 0.25) is 0 Å². The van der Waals surface area contributed by atoms with E-state index in [0.717, 1.165) is 78.5 Å². The van der Waals surface area contributed by atoms with Crippen molar-refractivity contribution >= 4 is 61.7 Å². The first-order chi connectivity index (χ1) is 38.7. The average molecular weight is 1170 g/mol. The Kier molecular flexibility index (Phi) is 17.8. The summed E-state index contributed by atoms with van der Waals surface area (Å²) in [4.78, 5) is 82.4. The largest absolute Gasteiger partial charge is 0.470 e. The van der Waals surface area contributed by atoms with E-state index < -0.39 is 46.8 Å². The molecule has 0 radical (unpaired) electrons. The number of nitrogens with zero attached hydrogens (tertiary/aromatic N) is 7. The summed E-state index contributed by atoms with van der Waals surface area (Å²) in [5, 5.41) is 19.6. The molecule has 9 rings (SSSR count). The van der Waals surface area contributed by atoms with Gasteiger partial charge < -0.3 is 60.3 Å². The molecule has 3 aromatic carbocycles. The fourth-order valence-electron chi connectivity index (χ4n) is 12.9. The van der Waals surface area contributed by atoms with Crippen molar-refractivity contribution in [1.82, 2.24) is 34.3 Å². The van der Waals surface area contributed by atoms with Crippen LogP contribution in [0.4, 0.5) is 17.5 Å². The molecule has 5 aromatic rings. The normalized spacial score (nSPS) is 21.8. The molecule has 6 heterocycles. The molecular weight excluding hydrogens is 1090 g/mol. The highest BCUT2D eigenvalue weighted by molar-refractivity contribution is 7.46. The first kappa shape index (κ1) is 60.7. The molecule has 0 aliphatic carbocycles. The monoisotopic (exact) mass is 1170 g/mol. The number of imidazole rings is 1. The summed E-state index contributed by atoms with van der Waals surface area (Å²) in [6.45, 7) is 20.3. The zero-order chi connectivity index (χ0) is 59.2. The lowest BCUT2D eigenvalue weighted by atomic mass is 9.77. The highest BCUT2D eigenvalue weighted by Crippen LogP contribution is 2.50. The lowest BCUT2D eigenvalue weighted by molar-refractivity contribution is -0.121. The Labute approximate surface area is 477 Å². The lowest BCUT2D eigenvalue weighted by Crippen LogP contribution is -2.52. The van der Waals surface area contributed by atoms with Crippen LogP contribution < -0.4 is 41.2 Å². The SMILES string of the molecule is CCN1c2cc3c(cc2C(C)CC1(C)C)C(c1ccccc1C(=O)N(C)CCCC(=O)NCCCCCCNc1nc2c(N)ncnc2n1[C@@H]1O[C@H](COP(=O)(O)O)[C@@H](OP(=O)(O)O)[C@H]1O)=c1cc2c(cc1O3)=[N+](CC)C(C)(C)CC2C. The number of hydrogen-bond donors (Lipinski definition) is 8. The molecule has 0 saturated carbocycles. The van der Waals surface area contributed by atoms with Gasteiger partial charge in [0, 0.05) is 90.8 Å². The number of aliphatic hydroxyl groups is 1. The number of carbonyl (C=O) groups is 2. The maximum absolute atomic E-state index is 14.7. The molecule has 2 amide bonds. The van der Waals surface area contributed by atoms with E-state index >= 15 is 0 Å². The third kappa shape index (κ3) is 12.6. The molecule has 9 N–H and O–H groups in total. The van der Waals surface area contributed by atoms with Crippen LogP contribution in [0, 0.1) is 0 Å². The average Bonchev–Trinajstić information content (AvgIpc) is 1.42. The van der Waals surface area contributed by atoms with Gasteiger partial charge in [-0.15, -0.1) is 0 Å². The Morgan fingerprint density at radius 1 is 0.902 bits per heavy atom. The Hall–Kier alpha value is -5.84. The number of aliphatic hydroxyl groups excluding tert-OH is 1. The standard InChI is InChI=1S/C57H78N10O13P2/c1-10-65-41-27-43-39(25-37(41)33(3)29-56(65,5)6)47(40-26-38-34(4)30-57(7,8)66(11-2)42(38)28-44(40)78-43)35-19-14-15-20-36(35)53(70)64(9)24-18-21-46(68)59-22-16-12-13-17-23-60-55-63-48-51(58)61-32-62-52(48)67(55)54-49(69)50(80-82(74,75)76)45(79-54)31-77-81(71,72)73/h14-15,19-20,25-28,32-34,45,49-50,54,58,69H,10-13,16-18,21-24,29-31H2,1-9H3,(H6,59,68,70,71,72,73,74,75,76)/p+1/t33?,34?,45-,49-,50-,54-/m1/s1. The minimum Gasteiger partial charge on any atom is -0.456 e. The van der Waals surface area contributed by atoms with Crippen molar-refractivity contribution in [2.75, 3.05) is 62.3 Å². The number of rotatable bonds is 22. The number of fused-ring (bicyclic) bond motifs is 5. The number of benzene rings is 3. The van der Waals surface area contributed by atoms with Gasteiger partial charge in [-0.1, -0.05) is 44.9 Å². The number of nitrogens with two attached hydrogens (primary N) is 1. The summed E-state index contributed by atoms with van der Waals surface area (Å²) in [7, 11) is -8.50. The summed E-state index contributed by atoms with van der Waals surface area (Å²) in [5.74, 6) is 2.00. The molecular formula is C57H79N10O13P2+. The molecule has 82 heavy (non-hydrogen) atoms. The van der Waals surface area contributed by atoms with E-state index in [1.54, 1.807) is 11.9 Å². The first-order valence-electron chi connectivity index (χ1n) is 28.3. The van der Waals surface area contributed by atoms with Crippen LogP contribution >= 0.6 is 15.6 Å². The molecule has 2 unspecified atom stereocenters. The smallest absolute Gasteiger partial charge is 0.456 e. The van der Waals surface area contributed by atoms with Crippen LogP contribution in [0.5, 0.6) is 11.5 Å². The number of aromatic nitrogens is 4. The lowest BCUT2D eigenvalue weighted by Gasteiger charge is -2.47. The minimum atomic E-state index is -5.24. The number of carbonyl (C=O) groups excluding carboxylic acids is 2. The summed E-state index contributed by atoms with van der Waals surface area (Å²) >= 11 is 0. The second-order valence-corrected chi connectivity index (χ2v) is 25.8. The van der Waals surface area contributed by atoms with Crippen molar-refractivity contribution < 1.29 is 61.9 Å². The van der Waals surface area contributed by atoms with Gasteiger partial charge in [-0.3, -0.25) is 23.2 Å². The van der Waals surface area contributed by atoms with Gasteiger partial charge in [0.25, 0.3) is 5.91 Å². The van der Waals surface area contributed by atoms with Crippen LogP contribution in [0.25, 0.3) is 16.7 Å². The van der Waals surface area contributed by atoms with Gasteiger partial charge >= 0.3 is 15.6 Å². The second kappa shape index (κ2) is 24.0. The molecule has 0 bridgehead atoms.